The number of hydrogen-bond acceptors (Lipinski definition) is 5. The van der Waals surface area contributed by atoms with Crippen LogP contribution < -0.4 is 9.47 Å². The fourth-order valence-corrected chi connectivity index (χ4v) is 5.99. The molecule has 0 amide bonds. The maximum Gasteiger partial charge on any atom is 0.229 e. The van der Waals surface area contributed by atoms with Gasteiger partial charge in [-0.2, -0.15) is 0 Å². The van der Waals surface area contributed by atoms with Crippen LogP contribution >= 0.6 is 0 Å². The second-order valence-corrected chi connectivity index (χ2v) is 10.9. The number of furan rings is 1. The van der Waals surface area contributed by atoms with Crippen LogP contribution in [-0.4, -0.2) is 30.4 Å². The van der Waals surface area contributed by atoms with Crippen LogP contribution in [0.1, 0.15) is 39.7 Å². The van der Waals surface area contributed by atoms with Crippen molar-refractivity contribution in [3.63, 3.8) is 0 Å². The van der Waals surface area contributed by atoms with Gasteiger partial charge < -0.3 is 13.9 Å². The molecule has 5 nitrogen and oxygen atoms in total. The van der Waals surface area contributed by atoms with Crippen LogP contribution in [0.5, 0.6) is 11.5 Å². The predicted octanol–water partition coefficient (Wildman–Crippen LogP) is 8.08. The third-order valence-electron chi connectivity index (χ3n) is 8.09. The van der Waals surface area contributed by atoms with Crippen molar-refractivity contribution in [2.75, 3.05) is 19.7 Å². The molecule has 2 aliphatic heterocycles. The molecule has 0 atom stereocenters. The highest BCUT2D eigenvalue weighted by molar-refractivity contribution is 6.17. The van der Waals surface area contributed by atoms with E-state index in [1.165, 1.54) is 11.1 Å². The molecule has 3 heterocycles. The van der Waals surface area contributed by atoms with Gasteiger partial charge in [-0.25, -0.2) is 0 Å². The van der Waals surface area contributed by atoms with Crippen molar-refractivity contribution >= 4 is 22.3 Å². The number of carbonyl (C=O) groups excluding carboxylic acids is 1. The summed E-state index contributed by atoms with van der Waals surface area (Å²) in [6.45, 7) is 9.36. The summed E-state index contributed by atoms with van der Waals surface area (Å²) in [6, 6.07) is 29.7. The van der Waals surface area contributed by atoms with Gasteiger partial charge in [-0.1, -0.05) is 73.3 Å². The SMILES string of the molecule is C=C1C=C(C)c2ccc3oc(C(=O)c4cccc(OCCN5CCc6ccccc6C5)c4)c(-c4ccccc4)c3c2O1. The Hall–Kier alpha value is -4.87. The average molecular weight is 554 g/mol. The van der Waals surface area contributed by atoms with E-state index in [4.69, 9.17) is 13.9 Å². The lowest BCUT2D eigenvalue weighted by molar-refractivity contribution is 0.101. The molecule has 1 aromatic heterocycles. The first-order valence-corrected chi connectivity index (χ1v) is 14.3. The molecule has 0 saturated heterocycles. The van der Waals surface area contributed by atoms with E-state index in [1.807, 2.05) is 67.6 Å². The summed E-state index contributed by atoms with van der Waals surface area (Å²) in [5.41, 5.74) is 7.52. The van der Waals surface area contributed by atoms with Gasteiger partial charge in [0.2, 0.25) is 5.78 Å². The van der Waals surface area contributed by atoms with Crippen molar-refractivity contribution in [1.29, 1.82) is 0 Å². The van der Waals surface area contributed by atoms with Crippen LogP contribution in [0.25, 0.3) is 27.7 Å². The molecule has 0 radical (unpaired) electrons. The van der Waals surface area contributed by atoms with Crippen molar-refractivity contribution in [2.45, 2.75) is 19.9 Å². The van der Waals surface area contributed by atoms with Gasteiger partial charge in [-0.3, -0.25) is 9.69 Å². The molecule has 0 aliphatic carbocycles. The van der Waals surface area contributed by atoms with E-state index >= 15 is 0 Å². The van der Waals surface area contributed by atoms with E-state index in [2.05, 4.69) is 35.7 Å². The van der Waals surface area contributed by atoms with E-state index in [9.17, 15) is 4.79 Å². The molecule has 0 unspecified atom stereocenters. The van der Waals surface area contributed by atoms with Crippen LogP contribution in [0.4, 0.5) is 0 Å². The Morgan fingerprint density at radius 2 is 1.76 bits per heavy atom. The minimum atomic E-state index is -0.209. The molecule has 5 aromatic rings. The predicted molar refractivity (Wildman–Crippen MR) is 166 cm³/mol. The second kappa shape index (κ2) is 10.8. The average Bonchev–Trinajstić information content (AvgIpc) is 3.41. The first-order valence-electron chi connectivity index (χ1n) is 14.3. The highest BCUT2D eigenvalue weighted by atomic mass is 16.5. The minimum absolute atomic E-state index is 0.209. The molecule has 4 aromatic carbocycles. The summed E-state index contributed by atoms with van der Waals surface area (Å²) in [5.74, 6) is 1.94. The maximum absolute atomic E-state index is 14.1. The zero-order valence-corrected chi connectivity index (χ0v) is 23.6. The molecule has 42 heavy (non-hydrogen) atoms. The Labute approximate surface area is 245 Å². The number of ketones is 1. The van der Waals surface area contributed by atoms with Crippen molar-refractivity contribution in [2.24, 2.45) is 0 Å². The number of hydrogen-bond donors (Lipinski definition) is 0. The molecule has 208 valence electrons. The molecule has 0 saturated carbocycles. The third-order valence-corrected chi connectivity index (χ3v) is 8.09. The van der Waals surface area contributed by atoms with Crippen molar-refractivity contribution in [3.8, 4) is 22.6 Å². The van der Waals surface area contributed by atoms with E-state index in [-0.39, 0.29) is 11.5 Å². The zero-order valence-electron chi connectivity index (χ0n) is 23.6. The van der Waals surface area contributed by atoms with E-state index < -0.39 is 0 Å². The van der Waals surface area contributed by atoms with Gasteiger partial charge in [0, 0.05) is 36.3 Å². The first-order chi connectivity index (χ1) is 20.5. The van der Waals surface area contributed by atoms with E-state index in [0.29, 0.717) is 40.6 Å². The van der Waals surface area contributed by atoms with Gasteiger partial charge in [0.15, 0.2) is 5.76 Å². The van der Waals surface area contributed by atoms with Crippen LogP contribution in [0.3, 0.4) is 0 Å². The van der Waals surface area contributed by atoms with Gasteiger partial charge in [-0.05, 0) is 65.9 Å². The molecule has 0 fully saturated rings. The summed E-state index contributed by atoms with van der Waals surface area (Å²) < 4.78 is 18.6. The van der Waals surface area contributed by atoms with E-state index in [0.717, 1.165) is 48.1 Å². The van der Waals surface area contributed by atoms with E-state index in [1.54, 1.807) is 12.1 Å². The number of fused-ring (bicyclic) bond motifs is 4. The largest absolute Gasteiger partial charge is 0.492 e. The fraction of sp³-hybridized carbons (Fsp3) is 0.162. The molecule has 2 aliphatic rings. The number of ether oxygens (including phenoxy) is 2. The lowest BCUT2D eigenvalue weighted by Gasteiger charge is -2.28. The molecule has 7 rings (SSSR count). The standard InChI is InChI=1S/C37H31NO4/c1-24-21-25(2)41-36-31(24)15-16-32-34(36)33(27-10-4-3-5-11-27)37(42-32)35(39)28-13-8-14-30(22-28)40-20-19-38-18-17-26-9-6-7-12-29(26)23-38/h3-16,21-22H,2,17-20,23H2,1H3. The van der Waals surface area contributed by atoms with Crippen molar-refractivity contribution in [3.05, 3.63) is 137 Å². The second-order valence-electron chi connectivity index (χ2n) is 10.9. The Kier molecular flexibility index (Phi) is 6.73. The smallest absolute Gasteiger partial charge is 0.229 e. The molecular formula is C37H31NO4. The van der Waals surface area contributed by atoms with Gasteiger partial charge in [0.1, 0.15) is 29.4 Å². The fourth-order valence-electron chi connectivity index (χ4n) is 5.99. The molecular weight excluding hydrogens is 522 g/mol. The Morgan fingerprint density at radius 3 is 2.62 bits per heavy atom. The Bertz CT molecular complexity index is 1860. The molecule has 0 N–H and O–H groups in total. The highest BCUT2D eigenvalue weighted by Gasteiger charge is 2.28. The number of allylic oxidation sites excluding steroid dienone is 2. The van der Waals surface area contributed by atoms with Crippen LogP contribution in [-0.2, 0) is 13.0 Å². The van der Waals surface area contributed by atoms with Gasteiger partial charge in [0.05, 0.1) is 5.39 Å². The van der Waals surface area contributed by atoms with Crippen LogP contribution in [0.2, 0.25) is 0 Å². The quantitative estimate of drug-likeness (QED) is 0.191. The summed E-state index contributed by atoms with van der Waals surface area (Å²) in [6.07, 6.45) is 2.97. The van der Waals surface area contributed by atoms with Gasteiger partial charge >= 0.3 is 0 Å². The first kappa shape index (κ1) is 26.1. The number of rotatable bonds is 7. The number of carbonyl (C=O) groups is 1. The summed E-state index contributed by atoms with van der Waals surface area (Å²) >= 11 is 0. The minimum Gasteiger partial charge on any atom is -0.492 e. The zero-order chi connectivity index (χ0) is 28.6. The van der Waals surface area contributed by atoms with Crippen LogP contribution in [0.15, 0.2) is 114 Å². The van der Waals surface area contributed by atoms with Crippen LogP contribution in [0, 0.1) is 0 Å². The van der Waals surface area contributed by atoms with Crippen molar-refractivity contribution in [1.82, 2.24) is 4.90 Å². The lowest BCUT2D eigenvalue weighted by atomic mass is 9.94. The number of benzene rings is 4. The summed E-state index contributed by atoms with van der Waals surface area (Å²) in [5, 5.41) is 0.770. The van der Waals surface area contributed by atoms with Gasteiger partial charge in [0.25, 0.3) is 0 Å². The molecule has 0 spiro atoms. The Balaban J connectivity index is 1.18. The topological polar surface area (TPSA) is 51.9 Å². The molecule has 5 heteroatoms. The lowest BCUT2D eigenvalue weighted by Crippen LogP contribution is -2.33. The summed E-state index contributed by atoms with van der Waals surface area (Å²) in [4.78, 5) is 16.5. The van der Waals surface area contributed by atoms with Crippen molar-refractivity contribution < 1.29 is 18.7 Å². The van der Waals surface area contributed by atoms with Gasteiger partial charge in [-0.15, -0.1) is 0 Å². The number of nitrogens with zero attached hydrogens (tertiary/aromatic N) is 1. The molecule has 0 bridgehead atoms. The monoisotopic (exact) mass is 553 g/mol. The highest BCUT2D eigenvalue weighted by Crippen LogP contribution is 2.46. The maximum atomic E-state index is 14.1. The normalized spacial score (nSPS) is 14.6. The Morgan fingerprint density at radius 1 is 0.952 bits per heavy atom. The third kappa shape index (κ3) is 4.82. The summed E-state index contributed by atoms with van der Waals surface area (Å²) in [7, 11) is 0.